The van der Waals surface area contributed by atoms with Crippen LogP contribution in [0.4, 0.5) is 11.5 Å². The minimum absolute atomic E-state index is 0.161. The van der Waals surface area contributed by atoms with Crippen LogP contribution >= 0.6 is 0 Å². The van der Waals surface area contributed by atoms with Crippen molar-refractivity contribution in [2.45, 2.75) is 6.42 Å². The van der Waals surface area contributed by atoms with Crippen molar-refractivity contribution < 1.29 is 9.53 Å². The number of hydrogen-bond acceptors (Lipinski definition) is 5. The molecular formula is C22H20N4O2. The number of rotatable bonds is 7. The number of ether oxygens (including phenoxy) is 1. The number of anilines is 2. The van der Waals surface area contributed by atoms with Crippen molar-refractivity contribution in [3.8, 4) is 11.8 Å². The summed E-state index contributed by atoms with van der Waals surface area (Å²) in [6.45, 7) is 0.538. The van der Waals surface area contributed by atoms with E-state index in [1.807, 2.05) is 24.3 Å². The lowest BCUT2D eigenvalue weighted by atomic mass is 10.1. The Morgan fingerprint density at radius 2 is 1.82 bits per heavy atom. The van der Waals surface area contributed by atoms with Gasteiger partial charge in [-0.1, -0.05) is 12.1 Å². The first-order valence-electron chi connectivity index (χ1n) is 8.82. The predicted molar refractivity (Wildman–Crippen MR) is 108 cm³/mol. The van der Waals surface area contributed by atoms with Gasteiger partial charge in [-0.25, -0.2) is 4.98 Å². The van der Waals surface area contributed by atoms with Gasteiger partial charge in [-0.15, -0.1) is 0 Å². The number of methoxy groups -OCH3 is 1. The Kier molecular flexibility index (Phi) is 6.21. The van der Waals surface area contributed by atoms with Crippen molar-refractivity contribution in [2.75, 3.05) is 19.0 Å². The topological polar surface area (TPSA) is 87.0 Å². The molecule has 3 aromatic rings. The van der Waals surface area contributed by atoms with Gasteiger partial charge in [0.1, 0.15) is 11.6 Å². The summed E-state index contributed by atoms with van der Waals surface area (Å²) in [4.78, 5) is 16.5. The Bertz CT molecular complexity index is 959. The van der Waals surface area contributed by atoms with Gasteiger partial charge >= 0.3 is 0 Å². The van der Waals surface area contributed by atoms with Crippen LogP contribution in [0.5, 0.6) is 5.75 Å². The molecule has 2 aromatic carbocycles. The first-order chi connectivity index (χ1) is 13.7. The van der Waals surface area contributed by atoms with Gasteiger partial charge in [0, 0.05) is 18.4 Å². The van der Waals surface area contributed by atoms with E-state index in [0.29, 0.717) is 23.5 Å². The average Bonchev–Trinajstić information content (AvgIpc) is 2.75. The number of benzene rings is 2. The third-order valence-corrected chi connectivity index (χ3v) is 4.17. The lowest BCUT2D eigenvalue weighted by molar-refractivity contribution is 0.0954. The minimum Gasteiger partial charge on any atom is -0.497 e. The van der Waals surface area contributed by atoms with E-state index in [9.17, 15) is 4.79 Å². The number of nitrogens with zero attached hydrogens (tertiary/aromatic N) is 2. The zero-order valence-corrected chi connectivity index (χ0v) is 15.5. The summed E-state index contributed by atoms with van der Waals surface area (Å²) >= 11 is 0. The number of amides is 1. The number of carbonyl (C=O) groups is 1. The van der Waals surface area contributed by atoms with Crippen molar-refractivity contribution in [1.82, 2.24) is 10.3 Å². The van der Waals surface area contributed by atoms with Gasteiger partial charge in [0.2, 0.25) is 0 Å². The van der Waals surface area contributed by atoms with E-state index in [2.05, 4.69) is 21.7 Å². The van der Waals surface area contributed by atoms with Crippen molar-refractivity contribution in [3.63, 3.8) is 0 Å². The zero-order chi connectivity index (χ0) is 19.8. The van der Waals surface area contributed by atoms with Crippen molar-refractivity contribution in [2.24, 2.45) is 0 Å². The minimum atomic E-state index is -0.161. The smallest absolute Gasteiger partial charge is 0.252 e. The molecule has 0 aliphatic rings. The van der Waals surface area contributed by atoms with Crippen LogP contribution in [0.1, 0.15) is 21.5 Å². The standard InChI is InChI=1S/C22H20N4O2/c1-28-20-9-4-16(5-10-20)12-13-24-22(27)18-6-11-21(25-15-18)26-19-7-2-17(14-23)3-8-19/h2-11,15H,12-13H2,1H3,(H,24,27)(H,25,26). The van der Waals surface area contributed by atoms with Gasteiger partial charge in [0.05, 0.1) is 24.3 Å². The summed E-state index contributed by atoms with van der Waals surface area (Å²) in [5.41, 5.74) is 3.05. The highest BCUT2D eigenvalue weighted by Crippen LogP contribution is 2.15. The molecule has 1 aromatic heterocycles. The van der Waals surface area contributed by atoms with Gasteiger partial charge in [-0.2, -0.15) is 5.26 Å². The van der Waals surface area contributed by atoms with Crippen LogP contribution < -0.4 is 15.4 Å². The fraction of sp³-hybridized carbons (Fsp3) is 0.136. The Balaban J connectivity index is 1.50. The second-order valence-corrected chi connectivity index (χ2v) is 6.10. The molecule has 0 fully saturated rings. The summed E-state index contributed by atoms with van der Waals surface area (Å²) in [5.74, 6) is 1.28. The first kappa shape index (κ1) is 18.9. The Morgan fingerprint density at radius 1 is 1.07 bits per heavy atom. The number of carbonyl (C=O) groups excluding carboxylic acids is 1. The van der Waals surface area contributed by atoms with E-state index in [-0.39, 0.29) is 5.91 Å². The number of nitriles is 1. The van der Waals surface area contributed by atoms with E-state index in [1.165, 1.54) is 6.20 Å². The third-order valence-electron chi connectivity index (χ3n) is 4.17. The Morgan fingerprint density at radius 3 is 2.43 bits per heavy atom. The number of hydrogen-bond donors (Lipinski definition) is 2. The summed E-state index contributed by atoms with van der Waals surface area (Å²) in [6.07, 6.45) is 2.27. The van der Waals surface area contributed by atoms with Crippen LogP contribution in [0.3, 0.4) is 0 Å². The molecule has 0 saturated heterocycles. The number of nitrogens with one attached hydrogen (secondary N) is 2. The van der Waals surface area contributed by atoms with E-state index in [0.717, 1.165) is 23.4 Å². The molecule has 0 saturated carbocycles. The van der Waals surface area contributed by atoms with Gasteiger partial charge in [-0.3, -0.25) is 4.79 Å². The van der Waals surface area contributed by atoms with Gasteiger partial charge in [0.25, 0.3) is 5.91 Å². The van der Waals surface area contributed by atoms with Crippen molar-refractivity contribution in [3.05, 3.63) is 83.6 Å². The van der Waals surface area contributed by atoms with Crippen LogP contribution in [-0.2, 0) is 6.42 Å². The lowest BCUT2D eigenvalue weighted by Crippen LogP contribution is -2.25. The zero-order valence-electron chi connectivity index (χ0n) is 15.5. The molecule has 1 heterocycles. The van der Waals surface area contributed by atoms with E-state index < -0.39 is 0 Å². The fourth-order valence-electron chi connectivity index (χ4n) is 2.59. The molecule has 0 unspecified atom stereocenters. The van der Waals surface area contributed by atoms with Gasteiger partial charge in [-0.05, 0) is 60.5 Å². The van der Waals surface area contributed by atoms with E-state index in [1.54, 1.807) is 43.5 Å². The van der Waals surface area contributed by atoms with Crippen LogP contribution in [0.15, 0.2) is 66.9 Å². The third kappa shape index (κ3) is 5.08. The number of pyridine rings is 1. The largest absolute Gasteiger partial charge is 0.497 e. The van der Waals surface area contributed by atoms with Crippen LogP contribution in [0, 0.1) is 11.3 Å². The quantitative estimate of drug-likeness (QED) is 0.661. The monoisotopic (exact) mass is 372 g/mol. The fourth-order valence-corrected chi connectivity index (χ4v) is 2.59. The predicted octanol–water partition coefficient (Wildman–Crippen LogP) is 3.68. The highest BCUT2D eigenvalue weighted by Gasteiger charge is 2.06. The maximum absolute atomic E-state index is 12.3. The maximum atomic E-state index is 12.3. The molecule has 3 rings (SSSR count). The highest BCUT2D eigenvalue weighted by molar-refractivity contribution is 5.94. The summed E-state index contributed by atoms with van der Waals surface area (Å²) in [6, 6.07) is 20.4. The average molecular weight is 372 g/mol. The molecule has 28 heavy (non-hydrogen) atoms. The second-order valence-electron chi connectivity index (χ2n) is 6.10. The number of aromatic nitrogens is 1. The molecule has 1 amide bonds. The first-order valence-corrected chi connectivity index (χ1v) is 8.82. The molecule has 6 nitrogen and oxygen atoms in total. The lowest BCUT2D eigenvalue weighted by Gasteiger charge is -2.08. The van der Waals surface area contributed by atoms with Gasteiger partial charge in [0.15, 0.2) is 0 Å². The molecule has 6 heteroatoms. The molecule has 0 aliphatic heterocycles. The van der Waals surface area contributed by atoms with E-state index >= 15 is 0 Å². The summed E-state index contributed by atoms with van der Waals surface area (Å²) in [5, 5.41) is 14.9. The SMILES string of the molecule is COc1ccc(CCNC(=O)c2ccc(Nc3ccc(C#N)cc3)nc2)cc1. The van der Waals surface area contributed by atoms with Crippen molar-refractivity contribution in [1.29, 1.82) is 5.26 Å². The molecule has 0 atom stereocenters. The Labute approximate surface area is 163 Å². The second kappa shape index (κ2) is 9.19. The molecule has 0 aliphatic carbocycles. The highest BCUT2D eigenvalue weighted by atomic mass is 16.5. The molecular weight excluding hydrogens is 352 g/mol. The van der Waals surface area contributed by atoms with Crippen LogP contribution in [0.2, 0.25) is 0 Å². The van der Waals surface area contributed by atoms with Gasteiger partial charge < -0.3 is 15.4 Å². The summed E-state index contributed by atoms with van der Waals surface area (Å²) < 4.78 is 5.13. The van der Waals surface area contributed by atoms with Crippen molar-refractivity contribution >= 4 is 17.4 Å². The van der Waals surface area contributed by atoms with E-state index in [4.69, 9.17) is 10.00 Å². The molecule has 0 spiro atoms. The molecule has 2 N–H and O–H groups in total. The van der Waals surface area contributed by atoms with Crippen LogP contribution in [-0.4, -0.2) is 24.5 Å². The molecule has 140 valence electrons. The van der Waals surface area contributed by atoms with Crippen LogP contribution in [0.25, 0.3) is 0 Å². The Hall–Kier alpha value is -3.85. The summed E-state index contributed by atoms with van der Waals surface area (Å²) in [7, 11) is 1.63. The molecule has 0 bridgehead atoms. The molecule has 0 radical (unpaired) electrons. The maximum Gasteiger partial charge on any atom is 0.252 e. The normalized spacial score (nSPS) is 10.0.